The molecule has 184 valence electrons. The molecule has 3 aromatic carbocycles. The van der Waals surface area contributed by atoms with Gasteiger partial charge in [0.1, 0.15) is 5.75 Å². The summed E-state index contributed by atoms with van der Waals surface area (Å²) in [5.74, 6) is 0.978. The molecule has 0 radical (unpaired) electrons. The molecule has 0 aromatic heterocycles. The van der Waals surface area contributed by atoms with Crippen LogP contribution in [0.1, 0.15) is 25.8 Å². The van der Waals surface area contributed by atoms with Crippen molar-refractivity contribution in [1.29, 1.82) is 0 Å². The van der Waals surface area contributed by atoms with E-state index in [1.807, 2.05) is 13.8 Å². The number of benzene rings is 3. The standard InChI is InChI=1S/C27H29NO6S/c1-4-19-34-25-17-11-21(20-26(25)32-3)12-18-27(29)28(22-13-15-23(16-14-22)33-5-2)35(30,31)24-9-7-6-8-10-24/h6-18,20H,4-5,19H2,1-3H3/b18-12+. The molecule has 0 aliphatic heterocycles. The van der Waals surface area contributed by atoms with Gasteiger partial charge in [-0.25, -0.2) is 8.42 Å². The summed E-state index contributed by atoms with van der Waals surface area (Å²) in [7, 11) is -2.63. The Labute approximate surface area is 206 Å². The van der Waals surface area contributed by atoms with E-state index in [1.54, 1.807) is 60.7 Å². The molecule has 1 amide bonds. The summed E-state index contributed by atoms with van der Waals surface area (Å²) in [5.41, 5.74) is 0.857. The molecular weight excluding hydrogens is 466 g/mol. The zero-order valence-electron chi connectivity index (χ0n) is 20.0. The molecule has 35 heavy (non-hydrogen) atoms. The number of hydrogen-bond acceptors (Lipinski definition) is 6. The van der Waals surface area contributed by atoms with Crippen molar-refractivity contribution in [2.75, 3.05) is 24.6 Å². The molecule has 8 heteroatoms. The Kier molecular flexibility index (Phi) is 8.92. The van der Waals surface area contributed by atoms with Gasteiger partial charge in [-0.2, -0.15) is 4.31 Å². The second kappa shape index (κ2) is 12.1. The number of methoxy groups -OCH3 is 1. The fraction of sp³-hybridized carbons (Fsp3) is 0.222. The Morgan fingerprint density at radius 1 is 0.914 bits per heavy atom. The molecule has 0 heterocycles. The van der Waals surface area contributed by atoms with E-state index >= 15 is 0 Å². The summed E-state index contributed by atoms with van der Waals surface area (Å²) in [4.78, 5) is 13.3. The van der Waals surface area contributed by atoms with Crippen molar-refractivity contribution in [3.63, 3.8) is 0 Å². The third-order valence-electron chi connectivity index (χ3n) is 4.93. The Balaban J connectivity index is 1.96. The number of amides is 1. The van der Waals surface area contributed by atoms with Crippen molar-refractivity contribution in [2.24, 2.45) is 0 Å². The molecule has 0 N–H and O–H groups in total. The van der Waals surface area contributed by atoms with E-state index < -0.39 is 15.9 Å². The molecule has 0 saturated carbocycles. The second-order valence-electron chi connectivity index (χ2n) is 7.44. The lowest BCUT2D eigenvalue weighted by molar-refractivity contribution is -0.113. The van der Waals surface area contributed by atoms with Crippen LogP contribution >= 0.6 is 0 Å². The molecule has 7 nitrogen and oxygen atoms in total. The van der Waals surface area contributed by atoms with Crippen LogP contribution in [0, 0.1) is 0 Å². The van der Waals surface area contributed by atoms with Crippen LogP contribution in [0.2, 0.25) is 0 Å². The first-order valence-electron chi connectivity index (χ1n) is 11.3. The number of ether oxygens (including phenoxy) is 3. The van der Waals surface area contributed by atoms with Gasteiger partial charge in [0.2, 0.25) is 0 Å². The van der Waals surface area contributed by atoms with Gasteiger partial charge in [-0.15, -0.1) is 0 Å². The van der Waals surface area contributed by atoms with Crippen LogP contribution in [-0.2, 0) is 14.8 Å². The highest BCUT2D eigenvalue weighted by atomic mass is 32.2. The summed E-state index contributed by atoms with van der Waals surface area (Å²) in [5, 5.41) is 0. The van der Waals surface area contributed by atoms with Crippen molar-refractivity contribution in [3.8, 4) is 17.2 Å². The summed E-state index contributed by atoms with van der Waals surface area (Å²) in [6.45, 7) is 4.89. The molecule has 0 fully saturated rings. The van der Waals surface area contributed by atoms with Crippen molar-refractivity contribution in [2.45, 2.75) is 25.2 Å². The normalized spacial score (nSPS) is 11.3. The zero-order chi connectivity index (χ0) is 25.3. The fourth-order valence-corrected chi connectivity index (χ4v) is 4.69. The quantitative estimate of drug-likeness (QED) is 0.335. The number of anilines is 1. The summed E-state index contributed by atoms with van der Waals surface area (Å²) in [6.07, 6.45) is 3.62. The van der Waals surface area contributed by atoms with Crippen LogP contribution in [0.15, 0.2) is 83.8 Å². The first-order valence-corrected chi connectivity index (χ1v) is 12.7. The first-order chi connectivity index (χ1) is 16.9. The first kappa shape index (κ1) is 25.8. The molecule has 0 spiro atoms. The molecule has 0 saturated heterocycles. The number of nitrogens with zero attached hydrogens (tertiary/aromatic N) is 1. The number of hydrogen-bond donors (Lipinski definition) is 0. The predicted molar refractivity (Wildman–Crippen MR) is 137 cm³/mol. The summed E-state index contributed by atoms with van der Waals surface area (Å²) < 4.78 is 44.2. The van der Waals surface area contributed by atoms with Crippen LogP contribution < -0.4 is 18.5 Å². The van der Waals surface area contributed by atoms with Gasteiger partial charge in [0, 0.05) is 6.08 Å². The van der Waals surface area contributed by atoms with Crippen molar-refractivity contribution in [1.82, 2.24) is 0 Å². The third kappa shape index (κ3) is 6.42. The minimum atomic E-state index is -4.17. The number of rotatable bonds is 11. The van der Waals surface area contributed by atoms with Gasteiger partial charge >= 0.3 is 0 Å². The monoisotopic (exact) mass is 495 g/mol. The maximum Gasteiger partial charge on any atom is 0.271 e. The van der Waals surface area contributed by atoms with Gasteiger partial charge in [-0.3, -0.25) is 4.79 Å². The van der Waals surface area contributed by atoms with E-state index in [1.165, 1.54) is 31.4 Å². The van der Waals surface area contributed by atoms with Gasteiger partial charge in [-0.1, -0.05) is 31.2 Å². The smallest absolute Gasteiger partial charge is 0.271 e. The Morgan fingerprint density at radius 3 is 2.26 bits per heavy atom. The lowest BCUT2D eigenvalue weighted by Gasteiger charge is -2.21. The van der Waals surface area contributed by atoms with Crippen molar-refractivity contribution < 1.29 is 27.4 Å². The number of sulfonamides is 1. The van der Waals surface area contributed by atoms with Crippen LogP contribution in [0.3, 0.4) is 0 Å². The Morgan fingerprint density at radius 2 is 1.63 bits per heavy atom. The van der Waals surface area contributed by atoms with Crippen molar-refractivity contribution >= 4 is 27.7 Å². The predicted octanol–water partition coefficient (Wildman–Crippen LogP) is 5.32. The Bertz CT molecular complexity index is 1250. The van der Waals surface area contributed by atoms with Gasteiger partial charge < -0.3 is 14.2 Å². The maximum atomic E-state index is 13.4. The molecule has 0 aliphatic rings. The van der Waals surface area contributed by atoms with Crippen LogP contribution in [-0.4, -0.2) is 34.6 Å². The lowest BCUT2D eigenvalue weighted by atomic mass is 10.2. The highest BCUT2D eigenvalue weighted by molar-refractivity contribution is 7.93. The Hall–Kier alpha value is -3.78. The van der Waals surface area contributed by atoms with Crippen LogP contribution in [0.5, 0.6) is 17.2 Å². The van der Waals surface area contributed by atoms with Crippen LogP contribution in [0.4, 0.5) is 5.69 Å². The van der Waals surface area contributed by atoms with E-state index in [2.05, 4.69) is 0 Å². The van der Waals surface area contributed by atoms with Gasteiger partial charge in [0.15, 0.2) is 11.5 Å². The molecule has 3 aromatic rings. The lowest BCUT2D eigenvalue weighted by Crippen LogP contribution is -2.35. The number of carbonyl (C=O) groups is 1. The zero-order valence-corrected chi connectivity index (χ0v) is 20.8. The largest absolute Gasteiger partial charge is 0.494 e. The van der Waals surface area contributed by atoms with Gasteiger partial charge in [0.05, 0.1) is 30.9 Å². The van der Waals surface area contributed by atoms with E-state index in [4.69, 9.17) is 14.2 Å². The highest BCUT2D eigenvalue weighted by Gasteiger charge is 2.29. The molecule has 0 aliphatic carbocycles. The number of carbonyl (C=O) groups excluding carboxylic acids is 1. The molecule has 0 bridgehead atoms. The van der Waals surface area contributed by atoms with E-state index in [-0.39, 0.29) is 10.6 Å². The topological polar surface area (TPSA) is 82.1 Å². The van der Waals surface area contributed by atoms with E-state index in [0.717, 1.165) is 10.7 Å². The maximum absolute atomic E-state index is 13.4. The third-order valence-corrected chi connectivity index (χ3v) is 6.67. The van der Waals surface area contributed by atoms with Crippen LogP contribution in [0.25, 0.3) is 6.08 Å². The molecule has 0 atom stereocenters. The molecule has 0 unspecified atom stereocenters. The SMILES string of the molecule is CCCOc1ccc(/C=C/C(=O)N(c2ccc(OCC)cc2)S(=O)(=O)c2ccccc2)cc1OC. The van der Waals surface area contributed by atoms with Gasteiger partial charge in [0.25, 0.3) is 15.9 Å². The summed E-state index contributed by atoms with van der Waals surface area (Å²) in [6, 6.07) is 19.4. The average Bonchev–Trinajstić information content (AvgIpc) is 2.88. The summed E-state index contributed by atoms with van der Waals surface area (Å²) >= 11 is 0. The highest BCUT2D eigenvalue weighted by Crippen LogP contribution is 2.30. The molecular formula is C27H29NO6S. The second-order valence-corrected chi connectivity index (χ2v) is 9.23. The average molecular weight is 496 g/mol. The van der Waals surface area contributed by atoms with Crippen molar-refractivity contribution in [3.05, 3.63) is 84.4 Å². The van der Waals surface area contributed by atoms with E-state index in [9.17, 15) is 13.2 Å². The fourth-order valence-electron chi connectivity index (χ4n) is 3.28. The van der Waals surface area contributed by atoms with E-state index in [0.29, 0.717) is 36.0 Å². The minimum absolute atomic E-state index is 0.00901. The molecule has 3 rings (SSSR count). The minimum Gasteiger partial charge on any atom is -0.494 e. The van der Waals surface area contributed by atoms with Gasteiger partial charge in [-0.05, 0) is 73.5 Å².